The second-order valence-electron chi connectivity index (χ2n) is 8.08. The molecule has 1 amide bonds. The number of piperazine rings is 1. The first kappa shape index (κ1) is 20.6. The number of anilines is 1. The highest BCUT2D eigenvalue weighted by Gasteiger charge is 2.23. The summed E-state index contributed by atoms with van der Waals surface area (Å²) in [5, 5.41) is 1.98. The van der Waals surface area contributed by atoms with Crippen LogP contribution < -0.4 is 9.64 Å². The summed E-state index contributed by atoms with van der Waals surface area (Å²) in [6, 6.07) is 14.1. The van der Waals surface area contributed by atoms with Gasteiger partial charge in [0.1, 0.15) is 5.82 Å². The van der Waals surface area contributed by atoms with E-state index < -0.39 is 11.7 Å². The van der Waals surface area contributed by atoms with Gasteiger partial charge < -0.3 is 9.64 Å². The van der Waals surface area contributed by atoms with Crippen LogP contribution in [-0.4, -0.2) is 56.4 Å². The van der Waals surface area contributed by atoms with Gasteiger partial charge in [-0.3, -0.25) is 9.69 Å². The molecule has 1 fully saturated rings. The second kappa shape index (κ2) is 8.67. The normalized spacial score (nSPS) is 16.1. The van der Waals surface area contributed by atoms with Gasteiger partial charge in [0.05, 0.1) is 12.2 Å². The van der Waals surface area contributed by atoms with Crippen LogP contribution in [0.15, 0.2) is 53.5 Å². The van der Waals surface area contributed by atoms with Crippen molar-refractivity contribution in [3.8, 4) is 5.75 Å². The van der Waals surface area contributed by atoms with E-state index in [0.29, 0.717) is 12.2 Å². The van der Waals surface area contributed by atoms with E-state index in [4.69, 9.17) is 4.74 Å². The van der Waals surface area contributed by atoms with E-state index in [1.807, 2.05) is 18.2 Å². The molecule has 0 bridgehead atoms. The summed E-state index contributed by atoms with van der Waals surface area (Å²) in [6.07, 6.45) is 2.13. The number of carbonyl (C=O) groups is 1. The predicted molar refractivity (Wildman–Crippen MR) is 121 cm³/mol. The molecule has 0 atom stereocenters. The summed E-state index contributed by atoms with van der Waals surface area (Å²) in [6.45, 7) is 4.83. The zero-order chi connectivity index (χ0) is 22.1. The van der Waals surface area contributed by atoms with Crippen molar-refractivity contribution in [1.29, 1.82) is 0 Å². The Morgan fingerprint density at radius 1 is 1.00 bits per heavy atom. The Bertz CT molecular complexity index is 1200. The number of benzene rings is 3. The number of nitrogens with zero attached hydrogens (tertiary/aromatic N) is 3. The highest BCUT2D eigenvalue weighted by molar-refractivity contribution is 6.13. The SMILES string of the molecule is O=C1N=Cc2ccc(OCCCN3CCN(c4cccc5cc(F)ccc45)CC3)c(F)c21. The first-order valence-electron chi connectivity index (χ1n) is 10.8. The van der Waals surface area contributed by atoms with Crippen molar-refractivity contribution in [2.75, 3.05) is 44.2 Å². The van der Waals surface area contributed by atoms with Crippen LogP contribution in [0.1, 0.15) is 22.3 Å². The quantitative estimate of drug-likeness (QED) is 0.542. The second-order valence-corrected chi connectivity index (χ2v) is 8.08. The minimum absolute atomic E-state index is 0.00482. The first-order valence-corrected chi connectivity index (χ1v) is 10.8. The maximum absolute atomic E-state index is 14.5. The van der Waals surface area contributed by atoms with Crippen molar-refractivity contribution in [2.45, 2.75) is 6.42 Å². The fraction of sp³-hybridized carbons (Fsp3) is 0.280. The summed E-state index contributed by atoms with van der Waals surface area (Å²) in [5.41, 5.74) is 1.62. The molecule has 2 aliphatic heterocycles. The lowest BCUT2D eigenvalue weighted by Gasteiger charge is -2.36. The van der Waals surface area contributed by atoms with Gasteiger partial charge in [-0.1, -0.05) is 12.1 Å². The van der Waals surface area contributed by atoms with Gasteiger partial charge in [0.15, 0.2) is 11.6 Å². The van der Waals surface area contributed by atoms with Crippen LogP contribution in [0.2, 0.25) is 0 Å². The standard InChI is InChI=1S/C25H23F2N3O2/c26-19-6-7-20-17(15-19)3-1-4-21(20)30-12-10-29(11-13-30)9-2-14-32-22-8-5-18-16-28-25(31)23(18)24(22)27/h1,3-8,15-16H,2,9-14H2. The van der Waals surface area contributed by atoms with Crippen LogP contribution in [0.4, 0.5) is 14.5 Å². The fourth-order valence-electron chi connectivity index (χ4n) is 4.40. The molecular weight excluding hydrogens is 412 g/mol. The average molecular weight is 435 g/mol. The van der Waals surface area contributed by atoms with Crippen LogP contribution in [0.3, 0.4) is 0 Å². The third-order valence-electron chi connectivity index (χ3n) is 6.08. The minimum Gasteiger partial charge on any atom is -0.490 e. The molecule has 0 N–H and O–H groups in total. The number of hydrogen-bond donors (Lipinski definition) is 0. The van der Waals surface area contributed by atoms with Crippen molar-refractivity contribution >= 4 is 28.6 Å². The van der Waals surface area contributed by atoms with Gasteiger partial charge >= 0.3 is 0 Å². The Morgan fingerprint density at radius 2 is 1.84 bits per heavy atom. The predicted octanol–water partition coefficient (Wildman–Crippen LogP) is 4.28. The maximum atomic E-state index is 14.5. The highest BCUT2D eigenvalue weighted by Crippen LogP contribution is 2.29. The van der Waals surface area contributed by atoms with Crippen molar-refractivity contribution in [2.24, 2.45) is 4.99 Å². The average Bonchev–Trinajstić information content (AvgIpc) is 3.19. The molecule has 3 aromatic rings. The van der Waals surface area contributed by atoms with Gasteiger partial charge in [0.2, 0.25) is 0 Å². The molecule has 0 aromatic heterocycles. The zero-order valence-electron chi connectivity index (χ0n) is 17.6. The molecule has 0 spiro atoms. The summed E-state index contributed by atoms with van der Waals surface area (Å²) >= 11 is 0. The lowest BCUT2D eigenvalue weighted by atomic mass is 10.1. The van der Waals surface area contributed by atoms with E-state index in [-0.39, 0.29) is 17.1 Å². The maximum Gasteiger partial charge on any atom is 0.280 e. The van der Waals surface area contributed by atoms with E-state index in [1.165, 1.54) is 12.3 Å². The summed E-state index contributed by atoms with van der Waals surface area (Å²) < 4.78 is 33.6. The molecular formula is C25H23F2N3O2. The third-order valence-corrected chi connectivity index (χ3v) is 6.08. The molecule has 0 saturated carbocycles. The lowest BCUT2D eigenvalue weighted by Crippen LogP contribution is -2.46. The van der Waals surface area contributed by atoms with Crippen molar-refractivity contribution in [1.82, 2.24) is 4.90 Å². The minimum atomic E-state index is -0.631. The molecule has 0 aliphatic carbocycles. The van der Waals surface area contributed by atoms with Gasteiger partial charge in [-0.05, 0) is 48.2 Å². The smallest absolute Gasteiger partial charge is 0.280 e. The number of halogens is 2. The number of carbonyl (C=O) groups excluding carboxylic acids is 1. The van der Waals surface area contributed by atoms with Crippen LogP contribution in [0.5, 0.6) is 5.75 Å². The van der Waals surface area contributed by atoms with Crippen molar-refractivity contribution in [3.05, 3.63) is 71.3 Å². The largest absolute Gasteiger partial charge is 0.490 e. The van der Waals surface area contributed by atoms with Gasteiger partial charge in [-0.2, -0.15) is 0 Å². The first-order chi connectivity index (χ1) is 15.6. The van der Waals surface area contributed by atoms with E-state index in [2.05, 4.69) is 20.9 Å². The Kier molecular flexibility index (Phi) is 5.57. The Labute approximate surface area is 184 Å². The lowest BCUT2D eigenvalue weighted by molar-refractivity contribution is 0.100. The topological polar surface area (TPSA) is 45.1 Å². The number of rotatable bonds is 6. The van der Waals surface area contributed by atoms with E-state index in [9.17, 15) is 13.6 Å². The number of amides is 1. The van der Waals surface area contributed by atoms with Gasteiger partial charge in [0, 0.05) is 55.6 Å². The molecule has 5 nitrogen and oxygen atoms in total. The molecule has 2 heterocycles. The summed E-state index contributed by atoms with van der Waals surface area (Å²) in [7, 11) is 0. The summed E-state index contributed by atoms with van der Waals surface area (Å²) in [5.74, 6) is -1.31. The van der Waals surface area contributed by atoms with Gasteiger partial charge in [0.25, 0.3) is 5.91 Å². The summed E-state index contributed by atoms with van der Waals surface area (Å²) in [4.78, 5) is 20.0. The van der Waals surface area contributed by atoms with Crippen LogP contribution in [0, 0.1) is 11.6 Å². The highest BCUT2D eigenvalue weighted by atomic mass is 19.1. The third kappa shape index (κ3) is 3.96. The number of ether oxygens (including phenoxy) is 1. The molecule has 2 aliphatic rings. The van der Waals surface area contributed by atoms with Crippen molar-refractivity contribution in [3.63, 3.8) is 0 Å². The van der Waals surface area contributed by atoms with Crippen LogP contribution in [-0.2, 0) is 0 Å². The number of hydrogen-bond acceptors (Lipinski definition) is 4. The molecule has 164 valence electrons. The molecule has 7 heteroatoms. The fourth-order valence-corrected chi connectivity index (χ4v) is 4.40. The Hall–Kier alpha value is -3.32. The Balaban J connectivity index is 1.12. The van der Waals surface area contributed by atoms with Crippen LogP contribution in [0.25, 0.3) is 10.8 Å². The molecule has 5 rings (SSSR count). The molecule has 0 unspecified atom stereocenters. The molecule has 32 heavy (non-hydrogen) atoms. The molecule has 1 saturated heterocycles. The monoisotopic (exact) mass is 435 g/mol. The van der Waals surface area contributed by atoms with E-state index in [0.717, 1.165) is 55.6 Å². The number of fused-ring (bicyclic) bond motifs is 2. The van der Waals surface area contributed by atoms with Gasteiger partial charge in [-0.15, -0.1) is 0 Å². The Morgan fingerprint density at radius 3 is 2.69 bits per heavy atom. The van der Waals surface area contributed by atoms with E-state index in [1.54, 1.807) is 18.2 Å². The zero-order valence-corrected chi connectivity index (χ0v) is 17.6. The number of aliphatic imine (C=N–C) groups is 1. The molecule has 3 aromatic carbocycles. The van der Waals surface area contributed by atoms with Gasteiger partial charge in [-0.25, -0.2) is 13.8 Å². The van der Waals surface area contributed by atoms with E-state index >= 15 is 0 Å². The van der Waals surface area contributed by atoms with Crippen LogP contribution >= 0.6 is 0 Å². The molecule has 0 radical (unpaired) electrons. The van der Waals surface area contributed by atoms with Crippen molar-refractivity contribution < 1.29 is 18.3 Å².